The second kappa shape index (κ2) is 3.93. The molecule has 3 heteroatoms. The van der Waals surface area contributed by atoms with Gasteiger partial charge in [-0.25, -0.2) is 0 Å². The Morgan fingerprint density at radius 1 is 1.53 bits per heavy atom. The predicted octanol–water partition coefficient (Wildman–Crippen LogP) is 2.42. The lowest BCUT2D eigenvalue weighted by Crippen LogP contribution is -2.28. The van der Waals surface area contributed by atoms with Crippen LogP contribution in [-0.4, -0.2) is 17.2 Å². The molecule has 3 nitrogen and oxygen atoms in total. The fraction of sp³-hybridized carbons (Fsp3) is 0.417. The van der Waals surface area contributed by atoms with Crippen LogP contribution in [0.5, 0.6) is 5.75 Å². The molecular weight excluding hydrogens is 192 g/mol. The SMILES string of the molecule is CCC1CC(C(=O)O)c2ccccc2O1. The fourth-order valence-corrected chi connectivity index (χ4v) is 1.98. The number of carbonyl (C=O) groups is 1. The molecule has 0 saturated carbocycles. The highest BCUT2D eigenvalue weighted by atomic mass is 16.5. The zero-order valence-electron chi connectivity index (χ0n) is 8.64. The largest absolute Gasteiger partial charge is 0.490 e. The monoisotopic (exact) mass is 206 g/mol. The van der Waals surface area contributed by atoms with Gasteiger partial charge in [0.25, 0.3) is 0 Å². The van der Waals surface area contributed by atoms with Crippen LogP contribution in [-0.2, 0) is 4.79 Å². The standard InChI is InChI=1S/C12H14O3/c1-2-8-7-10(12(13)14)9-5-3-4-6-11(9)15-8/h3-6,8,10H,2,7H2,1H3,(H,13,14). The molecule has 0 amide bonds. The second-order valence-corrected chi connectivity index (χ2v) is 3.81. The number of hydrogen-bond acceptors (Lipinski definition) is 2. The molecule has 0 fully saturated rings. The van der Waals surface area contributed by atoms with Gasteiger partial charge < -0.3 is 9.84 Å². The second-order valence-electron chi connectivity index (χ2n) is 3.81. The van der Waals surface area contributed by atoms with Crippen LogP contribution in [0, 0.1) is 0 Å². The van der Waals surface area contributed by atoms with Gasteiger partial charge in [-0.05, 0) is 12.5 Å². The molecule has 1 aromatic rings. The van der Waals surface area contributed by atoms with E-state index in [9.17, 15) is 4.79 Å². The zero-order chi connectivity index (χ0) is 10.8. The van der Waals surface area contributed by atoms with E-state index in [-0.39, 0.29) is 6.10 Å². The van der Waals surface area contributed by atoms with Gasteiger partial charge in [0.05, 0.1) is 12.0 Å². The summed E-state index contributed by atoms with van der Waals surface area (Å²) in [6.45, 7) is 2.01. The van der Waals surface area contributed by atoms with E-state index >= 15 is 0 Å². The summed E-state index contributed by atoms with van der Waals surface area (Å²) in [7, 11) is 0. The molecule has 2 rings (SSSR count). The first kappa shape index (κ1) is 10.0. The molecule has 0 radical (unpaired) electrons. The summed E-state index contributed by atoms with van der Waals surface area (Å²) >= 11 is 0. The van der Waals surface area contributed by atoms with Crippen molar-refractivity contribution in [3.8, 4) is 5.75 Å². The lowest BCUT2D eigenvalue weighted by Gasteiger charge is -2.29. The molecule has 0 aliphatic carbocycles. The number of rotatable bonds is 2. The summed E-state index contributed by atoms with van der Waals surface area (Å²) in [5, 5.41) is 9.14. The highest BCUT2D eigenvalue weighted by molar-refractivity contribution is 5.77. The molecule has 15 heavy (non-hydrogen) atoms. The van der Waals surface area contributed by atoms with Crippen molar-refractivity contribution >= 4 is 5.97 Å². The summed E-state index contributed by atoms with van der Waals surface area (Å²) in [6, 6.07) is 7.40. The molecule has 0 spiro atoms. The van der Waals surface area contributed by atoms with Crippen LogP contribution in [0.3, 0.4) is 0 Å². The average Bonchev–Trinajstić information content (AvgIpc) is 2.27. The zero-order valence-corrected chi connectivity index (χ0v) is 8.64. The van der Waals surface area contributed by atoms with E-state index in [2.05, 4.69) is 0 Å². The normalized spacial score (nSPS) is 24.1. The molecule has 1 N–H and O–H groups in total. The minimum Gasteiger partial charge on any atom is -0.490 e. The van der Waals surface area contributed by atoms with Gasteiger partial charge in [0, 0.05) is 12.0 Å². The topological polar surface area (TPSA) is 46.5 Å². The number of ether oxygens (including phenoxy) is 1. The molecule has 1 aromatic carbocycles. The van der Waals surface area contributed by atoms with Gasteiger partial charge in [-0.1, -0.05) is 25.1 Å². The molecule has 2 unspecified atom stereocenters. The lowest BCUT2D eigenvalue weighted by molar-refractivity contribution is -0.140. The first-order chi connectivity index (χ1) is 7.22. The van der Waals surface area contributed by atoms with Crippen LogP contribution < -0.4 is 4.74 Å². The van der Waals surface area contributed by atoms with Crippen LogP contribution in [0.25, 0.3) is 0 Å². The average molecular weight is 206 g/mol. The van der Waals surface area contributed by atoms with E-state index in [1.165, 1.54) is 0 Å². The molecule has 1 heterocycles. The van der Waals surface area contributed by atoms with Crippen LogP contribution in [0.2, 0.25) is 0 Å². The molecule has 80 valence electrons. The van der Waals surface area contributed by atoms with E-state index in [0.29, 0.717) is 6.42 Å². The Morgan fingerprint density at radius 2 is 2.27 bits per heavy atom. The smallest absolute Gasteiger partial charge is 0.311 e. The van der Waals surface area contributed by atoms with Gasteiger partial charge in [0.15, 0.2) is 0 Å². The Labute approximate surface area is 88.7 Å². The van der Waals surface area contributed by atoms with Gasteiger partial charge in [-0.3, -0.25) is 4.79 Å². The Kier molecular flexibility index (Phi) is 2.62. The lowest BCUT2D eigenvalue weighted by atomic mass is 9.89. The third-order valence-corrected chi connectivity index (χ3v) is 2.84. The van der Waals surface area contributed by atoms with Gasteiger partial charge in [0.1, 0.15) is 5.75 Å². The maximum atomic E-state index is 11.1. The summed E-state index contributed by atoms with van der Waals surface area (Å²) in [5.74, 6) is -0.452. The van der Waals surface area contributed by atoms with E-state index in [1.807, 2.05) is 31.2 Å². The van der Waals surface area contributed by atoms with Crippen molar-refractivity contribution in [3.63, 3.8) is 0 Å². The number of benzene rings is 1. The maximum Gasteiger partial charge on any atom is 0.311 e. The quantitative estimate of drug-likeness (QED) is 0.808. The molecule has 2 atom stereocenters. The number of aliphatic carboxylic acids is 1. The van der Waals surface area contributed by atoms with E-state index in [4.69, 9.17) is 9.84 Å². The van der Waals surface area contributed by atoms with Crippen LogP contribution >= 0.6 is 0 Å². The first-order valence-corrected chi connectivity index (χ1v) is 5.20. The Bertz CT molecular complexity index is 373. The van der Waals surface area contributed by atoms with Crippen molar-refractivity contribution in [1.82, 2.24) is 0 Å². The van der Waals surface area contributed by atoms with Crippen LogP contribution in [0.1, 0.15) is 31.2 Å². The van der Waals surface area contributed by atoms with Crippen molar-refractivity contribution in [1.29, 1.82) is 0 Å². The van der Waals surface area contributed by atoms with Crippen molar-refractivity contribution in [2.24, 2.45) is 0 Å². The summed E-state index contributed by atoms with van der Waals surface area (Å²) in [6.07, 6.45) is 1.45. The van der Waals surface area contributed by atoms with Gasteiger partial charge >= 0.3 is 5.97 Å². The van der Waals surface area contributed by atoms with Gasteiger partial charge in [-0.2, -0.15) is 0 Å². The number of fused-ring (bicyclic) bond motifs is 1. The Hall–Kier alpha value is -1.51. The Morgan fingerprint density at radius 3 is 2.93 bits per heavy atom. The molecule has 1 aliphatic heterocycles. The molecule has 0 aromatic heterocycles. The highest BCUT2D eigenvalue weighted by Crippen LogP contribution is 2.36. The number of carboxylic acid groups (broad SMARTS) is 1. The summed E-state index contributed by atoms with van der Waals surface area (Å²) < 4.78 is 5.70. The summed E-state index contributed by atoms with van der Waals surface area (Å²) in [5.41, 5.74) is 0.801. The number of para-hydroxylation sites is 1. The summed E-state index contributed by atoms with van der Waals surface area (Å²) in [4.78, 5) is 11.1. The van der Waals surface area contributed by atoms with E-state index in [0.717, 1.165) is 17.7 Å². The first-order valence-electron chi connectivity index (χ1n) is 5.20. The third-order valence-electron chi connectivity index (χ3n) is 2.84. The highest BCUT2D eigenvalue weighted by Gasteiger charge is 2.31. The van der Waals surface area contributed by atoms with Crippen LogP contribution in [0.4, 0.5) is 0 Å². The molecular formula is C12H14O3. The number of carboxylic acids is 1. The minimum absolute atomic E-state index is 0.0287. The fourth-order valence-electron chi connectivity index (χ4n) is 1.98. The molecule has 0 saturated heterocycles. The predicted molar refractivity (Wildman–Crippen MR) is 56.1 cm³/mol. The molecule has 0 bridgehead atoms. The van der Waals surface area contributed by atoms with E-state index in [1.54, 1.807) is 0 Å². The van der Waals surface area contributed by atoms with Crippen molar-refractivity contribution < 1.29 is 14.6 Å². The van der Waals surface area contributed by atoms with Crippen molar-refractivity contribution in [3.05, 3.63) is 29.8 Å². The van der Waals surface area contributed by atoms with Crippen molar-refractivity contribution in [2.45, 2.75) is 31.8 Å². The third kappa shape index (κ3) is 1.82. The maximum absolute atomic E-state index is 11.1. The van der Waals surface area contributed by atoms with Crippen molar-refractivity contribution in [2.75, 3.05) is 0 Å². The Balaban J connectivity index is 2.38. The molecule has 1 aliphatic rings. The minimum atomic E-state index is -0.760. The van der Waals surface area contributed by atoms with E-state index < -0.39 is 11.9 Å². The van der Waals surface area contributed by atoms with Crippen LogP contribution in [0.15, 0.2) is 24.3 Å². The van der Waals surface area contributed by atoms with Gasteiger partial charge in [0.2, 0.25) is 0 Å². The van der Waals surface area contributed by atoms with Gasteiger partial charge in [-0.15, -0.1) is 0 Å². The number of hydrogen-bond donors (Lipinski definition) is 1.